The first-order valence-electron chi connectivity index (χ1n) is 8.94. The average Bonchev–Trinajstić information content (AvgIpc) is 3.39. The Balaban J connectivity index is 1.49. The number of rotatable bonds is 7. The van der Waals surface area contributed by atoms with E-state index >= 15 is 0 Å². The van der Waals surface area contributed by atoms with E-state index in [2.05, 4.69) is 27.7 Å². The van der Waals surface area contributed by atoms with Crippen molar-refractivity contribution < 1.29 is 9.47 Å². The molecule has 0 saturated heterocycles. The van der Waals surface area contributed by atoms with Crippen molar-refractivity contribution in [3.8, 4) is 33.5 Å². The van der Waals surface area contributed by atoms with Crippen LogP contribution in [0.25, 0.3) is 22.0 Å². The number of thiazole rings is 1. The number of aromatic nitrogens is 4. The predicted octanol–water partition coefficient (Wildman–Crippen LogP) is 4.92. The summed E-state index contributed by atoms with van der Waals surface area (Å²) in [5.74, 6) is 2.86. The molecule has 0 saturated carbocycles. The van der Waals surface area contributed by atoms with E-state index in [9.17, 15) is 0 Å². The van der Waals surface area contributed by atoms with Crippen LogP contribution >= 0.6 is 23.1 Å². The number of hydrogen-bond donors (Lipinski definition) is 0. The summed E-state index contributed by atoms with van der Waals surface area (Å²) < 4.78 is 12.7. The van der Waals surface area contributed by atoms with Crippen LogP contribution in [0.2, 0.25) is 0 Å². The molecule has 29 heavy (non-hydrogen) atoms. The van der Waals surface area contributed by atoms with Crippen molar-refractivity contribution in [2.75, 3.05) is 14.2 Å². The molecule has 0 aliphatic carbocycles. The second-order valence-electron chi connectivity index (χ2n) is 6.23. The average molecular weight is 425 g/mol. The second kappa shape index (κ2) is 8.67. The maximum atomic E-state index is 5.39. The standard InChI is InChI=1S/C21H20N4O2S2/c1-25-19(15-9-10-17(26-2)18(11-15)27-3)23-24-21(25)29-13-16-12-28-20(22-16)14-7-5-4-6-8-14/h4-12H,13H2,1-3H3. The fraction of sp³-hybridized carbons (Fsp3) is 0.190. The molecule has 0 unspecified atom stereocenters. The summed E-state index contributed by atoms with van der Waals surface area (Å²) in [6.07, 6.45) is 0. The Morgan fingerprint density at radius 2 is 1.76 bits per heavy atom. The number of methoxy groups -OCH3 is 2. The summed E-state index contributed by atoms with van der Waals surface area (Å²) >= 11 is 3.28. The Bertz CT molecular complexity index is 1110. The van der Waals surface area contributed by atoms with Crippen LogP contribution in [0.15, 0.2) is 59.1 Å². The lowest BCUT2D eigenvalue weighted by atomic mass is 10.2. The van der Waals surface area contributed by atoms with E-state index in [0.717, 1.165) is 38.6 Å². The fourth-order valence-electron chi connectivity index (χ4n) is 2.89. The molecule has 6 nitrogen and oxygen atoms in total. The van der Waals surface area contributed by atoms with E-state index in [1.54, 1.807) is 37.3 Å². The summed E-state index contributed by atoms with van der Waals surface area (Å²) in [5.41, 5.74) is 3.10. The van der Waals surface area contributed by atoms with Crippen molar-refractivity contribution in [1.29, 1.82) is 0 Å². The van der Waals surface area contributed by atoms with E-state index in [0.29, 0.717) is 11.5 Å². The third-order valence-electron chi connectivity index (χ3n) is 4.40. The van der Waals surface area contributed by atoms with Gasteiger partial charge in [-0.2, -0.15) is 0 Å². The summed E-state index contributed by atoms with van der Waals surface area (Å²) in [4.78, 5) is 4.74. The van der Waals surface area contributed by atoms with Crippen LogP contribution in [-0.4, -0.2) is 34.0 Å². The molecule has 0 amide bonds. The van der Waals surface area contributed by atoms with E-state index in [-0.39, 0.29) is 0 Å². The van der Waals surface area contributed by atoms with Crippen molar-refractivity contribution in [1.82, 2.24) is 19.7 Å². The van der Waals surface area contributed by atoms with Gasteiger partial charge in [0.2, 0.25) is 0 Å². The van der Waals surface area contributed by atoms with Crippen molar-refractivity contribution in [3.63, 3.8) is 0 Å². The zero-order valence-electron chi connectivity index (χ0n) is 16.3. The van der Waals surface area contributed by atoms with Gasteiger partial charge in [-0.3, -0.25) is 0 Å². The van der Waals surface area contributed by atoms with Crippen LogP contribution in [0.5, 0.6) is 11.5 Å². The quantitative estimate of drug-likeness (QED) is 0.393. The minimum absolute atomic E-state index is 0.665. The van der Waals surface area contributed by atoms with E-state index in [4.69, 9.17) is 14.5 Å². The largest absolute Gasteiger partial charge is 0.493 e. The van der Waals surface area contributed by atoms with Crippen LogP contribution in [0.4, 0.5) is 0 Å². The summed E-state index contributed by atoms with van der Waals surface area (Å²) in [6.45, 7) is 0. The zero-order chi connectivity index (χ0) is 20.2. The Labute approximate surface area is 177 Å². The third-order valence-corrected chi connectivity index (χ3v) is 6.39. The maximum Gasteiger partial charge on any atom is 0.191 e. The number of benzene rings is 2. The number of nitrogens with zero attached hydrogens (tertiary/aromatic N) is 4. The van der Waals surface area contributed by atoms with Gasteiger partial charge >= 0.3 is 0 Å². The first kappa shape index (κ1) is 19.5. The smallest absolute Gasteiger partial charge is 0.191 e. The highest BCUT2D eigenvalue weighted by atomic mass is 32.2. The SMILES string of the molecule is COc1ccc(-c2nnc(SCc3csc(-c4ccccc4)n3)n2C)cc1OC. The van der Waals surface area contributed by atoms with Crippen molar-refractivity contribution >= 4 is 23.1 Å². The highest BCUT2D eigenvalue weighted by molar-refractivity contribution is 7.98. The first-order valence-corrected chi connectivity index (χ1v) is 10.8. The lowest BCUT2D eigenvalue weighted by Gasteiger charge is -2.09. The van der Waals surface area contributed by atoms with Crippen LogP contribution < -0.4 is 9.47 Å². The third kappa shape index (κ3) is 4.13. The maximum absolute atomic E-state index is 5.39. The second-order valence-corrected chi connectivity index (χ2v) is 8.03. The van der Waals surface area contributed by atoms with Gasteiger partial charge in [-0.25, -0.2) is 4.98 Å². The monoisotopic (exact) mass is 424 g/mol. The molecule has 2 aromatic heterocycles. The molecule has 148 valence electrons. The molecular formula is C21H20N4O2S2. The molecule has 0 radical (unpaired) electrons. The van der Waals surface area contributed by atoms with Crippen LogP contribution in [0.1, 0.15) is 5.69 Å². The van der Waals surface area contributed by atoms with Gasteiger partial charge in [0.15, 0.2) is 22.5 Å². The molecule has 0 fully saturated rings. The normalized spacial score (nSPS) is 10.9. The molecule has 0 aliphatic heterocycles. The van der Waals surface area contributed by atoms with Crippen LogP contribution in [-0.2, 0) is 12.8 Å². The van der Waals surface area contributed by atoms with Crippen LogP contribution in [0.3, 0.4) is 0 Å². The first-order chi connectivity index (χ1) is 14.2. The molecule has 4 aromatic rings. The van der Waals surface area contributed by atoms with E-state index in [1.165, 1.54) is 0 Å². The number of hydrogen-bond acceptors (Lipinski definition) is 7. The molecule has 0 aliphatic rings. The van der Waals surface area contributed by atoms with Crippen LogP contribution in [0, 0.1) is 0 Å². The van der Waals surface area contributed by atoms with Gasteiger partial charge < -0.3 is 14.0 Å². The highest BCUT2D eigenvalue weighted by Crippen LogP contribution is 2.33. The molecule has 0 spiro atoms. The van der Waals surface area contributed by atoms with Gasteiger partial charge in [0.05, 0.1) is 19.9 Å². The topological polar surface area (TPSA) is 62.1 Å². The van der Waals surface area contributed by atoms with Crippen molar-refractivity contribution in [3.05, 3.63) is 59.6 Å². The highest BCUT2D eigenvalue weighted by Gasteiger charge is 2.15. The number of thioether (sulfide) groups is 1. The molecule has 8 heteroatoms. The van der Waals surface area contributed by atoms with Gasteiger partial charge in [-0.1, -0.05) is 42.1 Å². The Morgan fingerprint density at radius 3 is 2.52 bits per heavy atom. The van der Waals surface area contributed by atoms with Gasteiger partial charge in [0.1, 0.15) is 5.01 Å². The van der Waals surface area contributed by atoms with E-state index < -0.39 is 0 Å². The Kier molecular flexibility index (Phi) is 5.82. The van der Waals surface area contributed by atoms with Crippen molar-refractivity contribution in [2.24, 2.45) is 7.05 Å². The molecular weight excluding hydrogens is 404 g/mol. The lowest BCUT2D eigenvalue weighted by molar-refractivity contribution is 0.355. The zero-order valence-corrected chi connectivity index (χ0v) is 18.0. The summed E-state index contributed by atoms with van der Waals surface area (Å²) in [5, 5.41) is 12.7. The van der Waals surface area contributed by atoms with Crippen molar-refractivity contribution in [2.45, 2.75) is 10.9 Å². The molecule has 4 rings (SSSR count). The number of ether oxygens (including phenoxy) is 2. The minimum Gasteiger partial charge on any atom is -0.493 e. The summed E-state index contributed by atoms with van der Waals surface area (Å²) in [7, 11) is 5.21. The van der Waals surface area contributed by atoms with E-state index in [1.807, 2.05) is 48.0 Å². The molecule has 2 aromatic carbocycles. The molecule has 0 N–H and O–H groups in total. The lowest BCUT2D eigenvalue weighted by Crippen LogP contribution is -1.96. The van der Waals surface area contributed by atoms with Gasteiger partial charge in [0, 0.05) is 29.3 Å². The molecule has 0 atom stereocenters. The fourth-order valence-corrected chi connectivity index (χ4v) is 4.63. The molecule has 2 heterocycles. The van der Waals surface area contributed by atoms with Gasteiger partial charge in [0.25, 0.3) is 0 Å². The molecule has 0 bridgehead atoms. The Hall–Kier alpha value is -2.84. The minimum atomic E-state index is 0.665. The summed E-state index contributed by atoms with van der Waals surface area (Å²) in [6, 6.07) is 16.0. The predicted molar refractivity (Wildman–Crippen MR) is 117 cm³/mol. The van der Waals surface area contributed by atoms with Gasteiger partial charge in [-0.05, 0) is 18.2 Å². The Morgan fingerprint density at radius 1 is 0.966 bits per heavy atom. The van der Waals surface area contributed by atoms with Gasteiger partial charge in [-0.15, -0.1) is 21.5 Å².